The second-order valence-electron chi connectivity index (χ2n) is 15.7. The van der Waals surface area contributed by atoms with E-state index < -0.39 is 0 Å². The van der Waals surface area contributed by atoms with E-state index in [-0.39, 0.29) is 11.2 Å². The molecule has 59 heavy (non-hydrogen) atoms. The minimum absolute atomic E-state index is 0.00464. The molecule has 0 fully saturated rings. The molecule has 2 unspecified atom stereocenters. The maximum Gasteiger partial charge on any atom is 0.163 e. The molecular weight excluding hydrogens is 757 g/mol. The van der Waals surface area contributed by atoms with E-state index in [1.165, 1.54) is 79.9 Å². The average Bonchev–Trinajstić information content (AvgIpc) is 3.98. The van der Waals surface area contributed by atoms with Crippen LogP contribution in [-0.2, 0) is 6.42 Å². The molecule has 278 valence electrons. The van der Waals surface area contributed by atoms with Gasteiger partial charge in [-0.25, -0.2) is 15.0 Å². The van der Waals surface area contributed by atoms with Crippen molar-refractivity contribution in [2.75, 3.05) is 0 Å². The first-order valence-electron chi connectivity index (χ1n) is 20.3. The molecule has 0 amide bonds. The summed E-state index contributed by atoms with van der Waals surface area (Å²) in [7, 11) is 0. The minimum Gasteiger partial charge on any atom is -0.309 e. The largest absolute Gasteiger partial charge is 0.309 e. The van der Waals surface area contributed by atoms with Gasteiger partial charge in [-0.1, -0.05) is 109 Å². The van der Waals surface area contributed by atoms with E-state index in [4.69, 9.17) is 15.0 Å². The van der Waals surface area contributed by atoms with Crippen LogP contribution in [0, 0.1) is 0 Å². The van der Waals surface area contributed by atoms with Crippen molar-refractivity contribution in [2.24, 2.45) is 0 Å². The van der Waals surface area contributed by atoms with Crippen molar-refractivity contribution in [3.8, 4) is 28.5 Å². The van der Waals surface area contributed by atoms with Crippen LogP contribution >= 0.6 is 23.1 Å². The number of aryl methyl sites for hydroxylation is 1. The Morgan fingerprint density at radius 1 is 0.627 bits per heavy atom. The molecule has 1 aliphatic heterocycles. The monoisotopic (exact) mass is 790 g/mol. The van der Waals surface area contributed by atoms with Crippen LogP contribution in [0.5, 0.6) is 0 Å². The number of nitrogens with zero attached hydrogens (tertiary/aromatic N) is 4. The first-order chi connectivity index (χ1) is 29.2. The Morgan fingerprint density at radius 3 is 2.10 bits per heavy atom. The highest BCUT2D eigenvalue weighted by molar-refractivity contribution is 8.01. The van der Waals surface area contributed by atoms with Gasteiger partial charge in [0.1, 0.15) is 5.82 Å². The number of thiophene rings is 1. The number of fused-ring (bicyclic) bond motifs is 13. The summed E-state index contributed by atoms with van der Waals surface area (Å²) in [4.78, 5) is 18.7. The third-order valence-electron chi connectivity index (χ3n) is 12.4. The van der Waals surface area contributed by atoms with Gasteiger partial charge < -0.3 is 4.57 Å². The fourth-order valence-electron chi connectivity index (χ4n) is 9.69. The summed E-state index contributed by atoms with van der Waals surface area (Å²) in [6, 6.07) is 50.8. The summed E-state index contributed by atoms with van der Waals surface area (Å²) in [5.41, 5.74) is 9.46. The molecular formula is C53H34N4S2. The van der Waals surface area contributed by atoms with Gasteiger partial charge in [0.2, 0.25) is 0 Å². The Balaban J connectivity index is 0.973. The first-order valence-corrected chi connectivity index (χ1v) is 22.0. The lowest BCUT2D eigenvalue weighted by Gasteiger charge is -2.23. The van der Waals surface area contributed by atoms with Crippen LogP contribution in [0.4, 0.5) is 0 Å². The SMILES string of the molecule is C1=CC(c2nc(-c3ccc(-n4c5ccc6ccccc6c5c5c6ccccc6ccc54)cc3)nc(-c3ccc4sc5c(c4c3)C=CCC5)n2)C2Sc3ccccc3C2=C1. The Kier molecular flexibility index (Phi) is 7.33. The molecule has 0 radical (unpaired) electrons. The predicted octanol–water partition coefficient (Wildman–Crippen LogP) is 14.0. The Morgan fingerprint density at radius 2 is 1.32 bits per heavy atom. The predicted molar refractivity (Wildman–Crippen MR) is 249 cm³/mol. The summed E-state index contributed by atoms with van der Waals surface area (Å²) >= 11 is 3.83. The molecule has 0 saturated heterocycles. The zero-order chi connectivity index (χ0) is 38.6. The maximum atomic E-state index is 5.33. The number of hydrogen-bond acceptors (Lipinski definition) is 5. The zero-order valence-electron chi connectivity index (χ0n) is 31.8. The van der Waals surface area contributed by atoms with Gasteiger partial charge in [-0.2, -0.15) is 0 Å². The standard InChI is InChI=1S/C53H34N4S2/c1-3-12-36-31(10-1)22-27-43-48(36)49-37-13-4-2-11-32(37)23-28-44(49)57(43)35-25-20-33(21-26-35)51-54-52(34-24-29-47-42(30-34)39-15-6-7-18-45(39)58-47)56-53(55-51)41-17-9-16-40-38-14-5-8-19-46(38)59-50(40)41/h1-6,8-17,19-30,41,50H,7,18H2. The van der Waals surface area contributed by atoms with E-state index in [1.54, 1.807) is 0 Å². The van der Waals surface area contributed by atoms with Crippen LogP contribution in [-0.4, -0.2) is 24.8 Å². The number of thioether (sulfide) groups is 1. The van der Waals surface area contributed by atoms with Crippen molar-refractivity contribution < 1.29 is 0 Å². The zero-order valence-corrected chi connectivity index (χ0v) is 33.5. The van der Waals surface area contributed by atoms with Crippen molar-refractivity contribution in [3.05, 3.63) is 186 Å². The maximum absolute atomic E-state index is 5.33. The highest BCUT2D eigenvalue weighted by Gasteiger charge is 2.37. The molecule has 3 aliphatic rings. The van der Waals surface area contributed by atoms with E-state index in [0.717, 1.165) is 35.5 Å². The van der Waals surface area contributed by atoms with Crippen LogP contribution in [0.3, 0.4) is 0 Å². The fourth-order valence-corrected chi connectivity index (χ4v) is 12.3. The van der Waals surface area contributed by atoms with Crippen LogP contribution in [0.15, 0.2) is 169 Å². The third-order valence-corrected chi connectivity index (χ3v) is 15.1. The summed E-state index contributed by atoms with van der Waals surface area (Å²) in [5, 5.41) is 9.06. The van der Waals surface area contributed by atoms with Crippen molar-refractivity contribution >= 4 is 88.2 Å². The van der Waals surface area contributed by atoms with Crippen molar-refractivity contribution in [2.45, 2.75) is 28.9 Å². The van der Waals surface area contributed by atoms with Crippen LogP contribution in [0.25, 0.3) is 93.5 Å². The van der Waals surface area contributed by atoms with Gasteiger partial charge in [-0.05, 0) is 112 Å². The number of aromatic nitrogens is 4. The third kappa shape index (κ3) is 5.13. The second kappa shape index (κ2) is 13.0. The summed E-state index contributed by atoms with van der Waals surface area (Å²) in [6.07, 6.45) is 13.5. The Bertz CT molecular complexity index is 3400. The smallest absolute Gasteiger partial charge is 0.163 e. The molecule has 2 aliphatic carbocycles. The van der Waals surface area contributed by atoms with E-state index >= 15 is 0 Å². The van der Waals surface area contributed by atoms with E-state index in [2.05, 4.69) is 174 Å². The molecule has 0 spiro atoms. The molecule has 0 bridgehead atoms. The van der Waals surface area contributed by atoms with Gasteiger partial charge in [0.05, 0.1) is 17.0 Å². The number of allylic oxidation sites excluding steroid dienone is 4. The van der Waals surface area contributed by atoms with E-state index in [9.17, 15) is 0 Å². The molecule has 4 heterocycles. The molecule has 7 aromatic carbocycles. The van der Waals surface area contributed by atoms with Crippen LogP contribution in [0.2, 0.25) is 0 Å². The number of rotatable bonds is 4. The molecule has 0 N–H and O–H groups in total. The molecule has 10 aromatic rings. The summed E-state index contributed by atoms with van der Waals surface area (Å²) < 4.78 is 3.73. The summed E-state index contributed by atoms with van der Waals surface area (Å²) in [6.45, 7) is 0. The van der Waals surface area contributed by atoms with Gasteiger partial charge in [0.25, 0.3) is 0 Å². The van der Waals surface area contributed by atoms with Crippen molar-refractivity contribution in [3.63, 3.8) is 0 Å². The van der Waals surface area contributed by atoms with Crippen LogP contribution in [0.1, 0.15) is 34.2 Å². The molecule has 0 saturated carbocycles. The lowest BCUT2D eigenvalue weighted by Crippen LogP contribution is -2.18. The molecule has 3 aromatic heterocycles. The van der Waals surface area contributed by atoms with Gasteiger partial charge in [0.15, 0.2) is 11.6 Å². The molecule has 13 rings (SSSR count). The normalized spacial score (nSPS) is 16.9. The number of hydrogen-bond donors (Lipinski definition) is 0. The highest BCUT2D eigenvalue weighted by Crippen LogP contribution is 2.52. The summed E-state index contributed by atoms with van der Waals surface area (Å²) in [5.74, 6) is 2.19. The molecule has 6 heteroatoms. The lowest BCUT2D eigenvalue weighted by molar-refractivity contribution is 0.788. The Labute approximate surface area is 348 Å². The van der Waals surface area contributed by atoms with Gasteiger partial charge in [-0.15, -0.1) is 23.1 Å². The second-order valence-corrected chi connectivity index (χ2v) is 18.1. The molecule has 4 nitrogen and oxygen atoms in total. The van der Waals surface area contributed by atoms with Crippen molar-refractivity contribution in [1.82, 2.24) is 19.5 Å². The number of benzene rings is 7. The quantitative estimate of drug-likeness (QED) is 0.178. The lowest BCUT2D eigenvalue weighted by atomic mass is 9.89. The first kappa shape index (κ1) is 33.4. The molecule has 2 atom stereocenters. The minimum atomic E-state index is -0.00464. The van der Waals surface area contributed by atoms with E-state index in [1.807, 2.05) is 23.1 Å². The Hall–Kier alpha value is -6.60. The van der Waals surface area contributed by atoms with Crippen molar-refractivity contribution in [1.29, 1.82) is 0 Å². The average molecular weight is 791 g/mol. The van der Waals surface area contributed by atoms with Gasteiger partial charge >= 0.3 is 0 Å². The fraction of sp³-hybridized carbons (Fsp3) is 0.0755. The van der Waals surface area contributed by atoms with E-state index in [0.29, 0.717) is 11.6 Å². The van der Waals surface area contributed by atoms with Gasteiger partial charge in [-0.3, -0.25) is 0 Å². The van der Waals surface area contributed by atoms with Crippen LogP contribution < -0.4 is 0 Å². The highest BCUT2D eigenvalue weighted by atomic mass is 32.2. The van der Waals surface area contributed by atoms with Gasteiger partial charge in [0, 0.05) is 52.7 Å². The topological polar surface area (TPSA) is 43.6 Å².